The number of thiophene rings is 1. The highest BCUT2D eigenvalue weighted by atomic mass is 79.9. The van der Waals surface area contributed by atoms with Crippen molar-refractivity contribution >= 4 is 27.3 Å². The predicted molar refractivity (Wildman–Crippen MR) is 79.0 cm³/mol. The van der Waals surface area contributed by atoms with Crippen LogP contribution in [0.25, 0.3) is 0 Å². The lowest BCUT2D eigenvalue weighted by Crippen LogP contribution is -2.18. The van der Waals surface area contributed by atoms with Crippen LogP contribution < -0.4 is 5.32 Å². The summed E-state index contributed by atoms with van der Waals surface area (Å²) in [5.74, 6) is 0. The quantitative estimate of drug-likeness (QED) is 0.802. The van der Waals surface area contributed by atoms with Crippen molar-refractivity contribution in [1.29, 1.82) is 0 Å². The molecule has 1 aromatic heterocycles. The fraction of sp³-hybridized carbons (Fsp3) is 0.286. The van der Waals surface area contributed by atoms with Gasteiger partial charge in [-0.2, -0.15) is 13.2 Å². The Morgan fingerprint density at radius 2 is 1.85 bits per heavy atom. The first-order valence-corrected chi connectivity index (χ1v) is 7.65. The minimum Gasteiger partial charge on any atom is -0.312 e. The van der Waals surface area contributed by atoms with E-state index >= 15 is 0 Å². The number of rotatable bonds is 4. The first-order chi connectivity index (χ1) is 9.41. The molecular weight excluding hydrogens is 351 g/mol. The third-order valence-corrected chi connectivity index (χ3v) is 5.02. The van der Waals surface area contributed by atoms with E-state index in [4.69, 9.17) is 0 Å². The zero-order valence-electron chi connectivity index (χ0n) is 10.7. The Morgan fingerprint density at radius 3 is 2.30 bits per heavy atom. The fourth-order valence-electron chi connectivity index (χ4n) is 1.95. The Kier molecular flexibility index (Phi) is 4.88. The Bertz CT molecular complexity index is 563. The fourth-order valence-corrected chi connectivity index (χ4v) is 3.71. The number of hydrogen-bond donors (Lipinski definition) is 1. The van der Waals surface area contributed by atoms with Crippen molar-refractivity contribution in [1.82, 2.24) is 5.32 Å². The molecule has 6 heteroatoms. The number of hydrogen-bond acceptors (Lipinski definition) is 2. The number of likely N-dealkylation sites (N-methyl/N-ethyl adjacent to an activating group) is 1. The Hall–Kier alpha value is -0.850. The highest BCUT2D eigenvalue weighted by Crippen LogP contribution is 2.32. The first-order valence-electron chi connectivity index (χ1n) is 5.98. The third-order valence-electron chi connectivity index (χ3n) is 3.03. The highest BCUT2D eigenvalue weighted by Gasteiger charge is 2.30. The molecule has 20 heavy (non-hydrogen) atoms. The van der Waals surface area contributed by atoms with Crippen molar-refractivity contribution in [2.75, 3.05) is 7.05 Å². The summed E-state index contributed by atoms with van der Waals surface area (Å²) in [6.45, 7) is 0. The number of benzene rings is 1. The SMILES string of the molecule is CNC(Cc1ccc(C(F)(F)F)cc1)c1sccc1Br. The maximum atomic E-state index is 12.5. The van der Waals surface area contributed by atoms with Crippen LogP contribution in [0.4, 0.5) is 13.2 Å². The van der Waals surface area contributed by atoms with Gasteiger partial charge in [-0.25, -0.2) is 0 Å². The summed E-state index contributed by atoms with van der Waals surface area (Å²) in [5.41, 5.74) is 0.261. The molecule has 1 atom stereocenters. The summed E-state index contributed by atoms with van der Waals surface area (Å²) in [6.07, 6.45) is -3.63. The zero-order valence-corrected chi connectivity index (χ0v) is 13.1. The second-order valence-electron chi connectivity index (χ2n) is 4.37. The molecule has 0 fully saturated rings. The van der Waals surface area contributed by atoms with Crippen LogP contribution in [0.1, 0.15) is 22.0 Å². The molecule has 2 aromatic rings. The number of alkyl halides is 3. The van der Waals surface area contributed by atoms with Crippen molar-refractivity contribution < 1.29 is 13.2 Å². The van der Waals surface area contributed by atoms with Gasteiger partial charge in [-0.15, -0.1) is 11.3 Å². The molecule has 0 amide bonds. The average Bonchev–Trinajstić information content (AvgIpc) is 2.82. The van der Waals surface area contributed by atoms with Gasteiger partial charge < -0.3 is 5.32 Å². The van der Waals surface area contributed by atoms with Gasteiger partial charge in [-0.05, 0) is 58.5 Å². The Balaban J connectivity index is 2.15. The van der Waals surface area contributed by atoms with Crippen molar-refractivity contribution in [3.8, 4) is 0 Å². The second-order valence-corrected chi connectivity index (χ2v) is 6.17. The van der Waals surface area contributed by atoms with Gasteiger partial charge in [-0.3, -0.25) is 0 Å². The van der Waals surface area contributed by atoms with Crippen LogP contribution >= 0.6 is 27.3 Å². The monoisotopic (exact) mass is 363 g/mol. The molecular formula is C14H13BrF3NS. The van der Waals surface area contributed by atoms with E-state index in [9.17, 15) is 13.2 Å². The summed E-state index contributed by atoms with van der Waals surface area (Å²) in [7, 11) is 1.85. The first kappa shape index (κ1) is 15.5. The standard InChI is InChI=1S/C14H13BrF3NS/c1-19-12(13-11(15)6-7-20-13)8-9-2-4-10(5-3-9)14(16,17)18/h2-7,12,19H,8H2,1H3. The lowest BCUT2D eigenvalue weighted by atomic mass is 10.0. The average molecular weight is 364 g/mol. The second kappa shape index (κ2) is 6.28. The summed E-state index contributed by atoms with van der Waals surface area (Å²) in [5, 5.41) is 5.18. The lowest BCUT2D eigenvalue weighted by Gasteiger charge is -2.16. The highest BCUT2D eigenvalue weighted by molar-refractivity contribution is 9.10. The van der Waals surface area contributed by atoms with Crippen molar-refractivity contribution in [3.05, 3.63) is 56.2 Å². The molecule has 1 unspecified atom stereocenters. The molecule has 0 aliphatic carbocycles. The molecule has 1 aromatic carbocycles. The third kappa shape index (κ3) is 3.62. The van der Waals surface area contributed by atoms with Crippen LogP contribution in [-0.4, -0.2) is 7.05 Å². The molecule has 108 valence electrons. The van der Waals surface area contributed by atoms with E-state index < -0.39 is 11.7 Å². The lowest BCUT2D eigenvalue weighted by molar-refractivity contribution is -0.137. The van der Waals surface area contributed by atoms with Crippen LogP contribution in [0.15, 0.2) is 40.2 Å². The Labute approximate surface area is 128 Å². The van der Waals surface area contributed by atoms with Gasteiger partial charge in [-0.1, -0.05) is 12.1 Å². The predicted octanol–water partition coefficient (Wildman–Crippen LogP) is 5.03. The molecule has 1 N–H and O–H groups in total. The molecule has 0 radical (unpaired) electrons. The van der Waals surface area contributed by atoms with E-state index in [1.165, 1.54) is 12.1 Å². The van der Waals surface area contributed by atoms with Crippen LogP contribution in [0.5, 0.6) is 0 Å². The van der Waals surface area contributed by atoms with E-state index in [1.54, 1.807) is 11.3 Å². The van der Waals surface area contributed by atoms with Crippen molar-refractivity contribution in [2.24, 2.45) is 0 Å². The zero-order chi connectivity index (χ0) is 14.8. The van der Waals surface area contributed by atoms with Gasteiger partial charge in [0.1, 0.15) is 0 Å². The van der Waals surface area contributed by atoms with E-state index in [0.717, 1.165) is 27.0 Å². The molecule has 2 rings (SSSR count). The molecule has 0 aliphatic heterocycles. The van der Waals surface area contributed by atoms with Crippen LogP contribution in [0.3, 0.4) is 0 Å². The van der Waals surface area contributed by atoms with Crippen LogP contribution in [0.2, 0.25) is 0 Å². The summed E-state index contributed by atoms with van der Waals surface area (Å²) in [6, 6.07) is 7.39. The summed E-state index contributed by atoms with van der Waals surface area (Å²) >= 11 is 5.10. The summed E-state index contributed by atoms with van der Waals surface area (Å²) < 4.78 is 38.5. The molecule has 0 bridgehead atoms. The van der Waals surface area contributed by atoms with Gasteiger partial charge in [0.2, 0.25) is 0 Å². The van der Waals surface area contributed by atoms with Gasteiger partial charge in [0.15, 0.2) is 0 Å². The molecule has 0 spiro atoms. The topological polar surface area (TPSA) is 12.0 Å². The van der Waals surface area contributed by atoms with E-state index in [1.807, 2.05) is 18.5 Å². The van der Waals surface area contributed by atoms with E-state index in [2.05, 4.69) is 21.2 Å². The Morgan fingerprint density at radius 1 is 1.20 bits per heavy atom. The van der Waals surface area contributed by atoms with Gasteiger partial charge in [0.05, 0.1) is 5.56 Å². The maximum Gasteiger partial charge on any atom is 0.416 e. The van der Waals surface area contributed by atoms with E-state index in [0.29, 0.717) is 6.42 Å². The van der Waals surface area contributed by atoms with Gasteiger partial charge in [0, 0.05) is 15.4 Å². The normalized spacial score (nSPS) is 13.4. The van der Waals surface area contributed by atoms with Crippen LogP contribution in [-0.2, 0) is 12.6 Å². The molecule has 0 saturated carbocycles. The molecule has 0 saturated heterocycles. The largest absolute Gasteiger partial charge is 0.416 e. The van der Waals surface area contributed by atoms with Crippen LogP contribution in [0, 0.1) is 0 Å². The van der Waals surface area contributed by atoms with Crippen molar-refractivity contribution in [2.45, 2.75) is 18.6 Å². The summed E-state index contributed by atoms with van der Waals surface area (Å²) in [4.78, 5) is 1.15. The maximum absolute atomic E-state index is 12.5. The molecule has 1 heterocycles. The van der Waals surface area contributed by atoms with Gasteiger partial charge in [0.25, 0.3) is 0 Å². The van der Waals surface area contributed by atoms with E-state index in [-0.39, 0.29) is 6.04 Å². The minimum atomic E-state index is -4.28. The molecule has 0 aliphatic rings. The smallest absolute Gasteiger partial charge is 0.312 e. The minimum absolute atomic E-state index is 0.0844. The number of halogens is 4. The number of nitrogens with one attached hydrogen (secondary N) is 1. The van der Waals surface area contributed by atoms with Crippen molar-refractivity contribution in [3.63, 3.8) is 0 Å². The molecule has 1 nitrogen and oxygen atoms in total. The van der Waals surface area contributed by atoms with Gasteiger partial charge >= 0.3 is 6.18 Å².